The molecule has 3 N–H and O–H groups in total. The molecule has 2 rings (SSSR count). The molecule has 2 atom stereocenters. The number of nitrogens with two attached hydrogens (primary N) is 1. The summed E-state index contributed by atoms with van der Waals surface area (Å²) in [5.41, 5.74) is 5.36. The summed E-state index contributed by atoms with van der Waals surface area (Å²) < 4.78 is 0. The lowest BCUT2D eigenvalue weighted by atomic mass is 9.97. The van der Waals surface area contributed by atoms with Gasteiger partial charge >= 0.3 is 0 Å². The van der Waals surface area contributed by atoms with E-state index in [2.05, 4.69) is 10.2 Å². The molecule has 4 nitrogen and oxygen atoms in total. The Morgan fingerprint density at radius 2 is 2.27 bits per heavy atom. The molecule has 0 spiro atoms. The van der Waals surface area contributed by atoms with E-state index >= 15 is 0 Å². The Balaban J connectivity index is 1.79. The maximum Gasteiger partial charge on any atom is 0.221 e. The largest absolute Gasteiger partial charge is 0.369 e. The summed E-state index contributed by atoms with van der Waals surface area (Å²) in [6.45, 7) is 4.23. The first-order chi connectivity index (χ1) is 7.25. The van der Waals surface area contributed by atoms with Gasteiger partial charge in [-0.25, -0.2) is 0 Å². The second-order valence-electron chi connectivity index (χ2n) is 4.79. The summed E-state index contributed by atoms with van der Waals surface area (Å²) in [5.74, 6) is -0.0424. The van der Waals surface area contributed by atoms with Crippen LogP contribution in [0.1, 0.15) is 25.7 Å². The first-order valence-electron chi connectivity index (χ1n) is 6.01. The molecule has 0 aromatic heterocycles. The second kappa shape index (κ2) is 4.94. The van der Waals surface area contributed by atoms with Crippen molar-refractivity contribution in [2.75, 3.05) is 26.2 Å². The fraction of sp³-hybridized carbons (Fsp3) is 0.909. The Morgan fingerprint density at radius 1 is 1.40 bits per heavy atom. The van der Waals surface area contributed by atoms with Crippen LogP contribution in [-0.2, 0) is 4.79 Å². The van der Waals surface area contributed by atoms with Crippen molar-refractivity contribution in [3.05, 3.63) is 0 Å². The van der Waals surface area contributed by atoms with Gasteiger partial charge < -0.3 is 16.0 Å². The maximum atomic E-state index is 11.1. The average Bonchev–Trinajstić information content (AvgIpc) is 2.71. The molecule has 1 amide bonds. The smallest absolute Gasteiger partial charge is 0.221 e. The van der Waals surface area contributed by atoms with Crippen LogP contribution in [0.15, 0.2) is 0 Å². The Hall–Kier alpha value is -0.610. The van der Waals surface area contributed by atoms with Crippen LogP contribution in [0.4, 0.5) is 0 Å². The number of hydrogen-bond acceptors (Lipinski definition) is 3. The zero-order chi connectivity index (χ0) is 10.7. The van der Waals surface area contributed by atoms with Crippen molar-refractivity contribution in [3.63, 3.8) is 0 Å². The van der Waals surface area contributed by atoms with E-state index < -0.39 is 0 Å². The maximum absolute atomic E-state index is 11.1. The molecule has 2 heterocycles. The molecule has 1 unspecified atom stereocenters. The van der Waals surface area contributed by atoms with Crippen molar-refractivity contribution in [1.29, 1.82) is 0 Å². The average molecular weight is 211 g/mol. The number of likely N-dealkylation sites (tertiary alicyclic amines) is 1. The molecule has 15 heavy (non-hydrogen) atoms. The number of nitrogens with zero attached hydrogens (tertiary/aromatic N) is 1. The standard InChI is InChI=1S/C11H21N3O/c12-11(15)9-3-2-6-14(7-9)8-10-4-1-5-13-10/h9-10,13H,1-8H2,(H2,12,15)/t9?,10-/m1/s1. The lowest BCUT2D eigenvalue weighted by molar-refractivity contribution is -0.123. The van der Waals surface area contributed by atoms with Gasteiger partial charge in [-0.3, -0.25) is 4.79 Å². The van der Waals surface area contributed by atoms with Crippen molar-refractivity contribution in [3.8, 4) is 0 Å². The van der Waals surface area contributed by atoms with Gasteiger partial charge in [0.1, 0.15) is 0 Å². The molecule has 86 valence electrons. The van der Waals surface area contributed by atoms with Gasteiger partial charge in [-0.05, 0) is 38.8 Å². The summed E-state index contributed by atoms with van der Waals surface area (Å²) in [4.78, 5) is 13.5. The molecule has 0 radical (unpaired) electrons. The monoisotopic (exact) mass is 211 g/mol. The van der Waals surface area contributed by atoms with Gasteiger partial charge in [0.25, 0.3) is 0 Å². The quantitative estimate of drug-likeness (QED) is 0.687. The van der Waals surface area contributed by atoms with Crippen molar-refractivity contribution in [2.24, 2.45) is 11.7 Å². The fourth-order valence-corrected chi connectivity index (χ4v) is 2.68. The zero-order valence-corrected chi connectivity index (χ0v) is 9.24. The van der Waals surface area contributed by atoms with Gasteiger partial charge in [0.15, 0.2) is 0 Å². The van der Waals surface area contributed by atoms with Crippen LogP contribution in [0.25, 0.3) is 0 Å². The molecule has 0 aliphatic carbocycles. The fourth-order valence-electron chi connectivity index (χ4n) is 2.68. The highest BCUT2D eigenvalue weighted by Crippen LogP contribution is 2.17. The van der Waals surface area contributed by atoms with Gasteiger partial charge in [-0.2, -0.15) is 0 Å². The van der Waals surface area contributed by atoms with E-state index in [9.17, 15) is 4.79 Å². The first kappa shape index (κ1) is 10.9. The molecular weight excluding hydrogens is 190 g/mol. The summed E-state index contributed by atoms with van der Waals surface area (Å²) in [5, 5.41) is 3.49. The third-order valence-electron chi connectivity index (χ3n) is 3.55. The molecule has 0 bridgehead atoms. The van der Waals surface area contributed by atoms with Gasteiger partial charge in [0, 0.05) is 19.1 Å². The summed E-state index contributed by atoms with van der Waals surface area (Å²) in [6.07, 6.45) is 4.65. The van der Waals surface area contributed by atoms with Crippen molar-refractivity contribution in [2.45, 2.75) is 31.7 Å². The van der Waals surface area contributed by atoms with Crippen LogP contribution in [-0.4, -0.2) is 43.0 Å². The van der Waals surface area contributed by atoms with E-state index in [1.165, 1.54) is 12.8 Å². The molecular formula is C11H21N3O. The highest BCUT2D eigenvalue weighted by atomic mass is 16.1. The van der Waals surface area contributed by atoms with E-state index in [1.54, 1.807) is 0 Å². The minimum atomic E-state index is -0.126. The lowest BCUT2D eigenvalue weighted by Gasteiger charge is -2.32. The number of carbonyl (C=O) groups is 1. The van der Waals surface area contributed by atoms with Crippen LogP contribution in [0.5, 0.6) is 0 Å². The van der Waals surface area contributed by atoms with Crippen LogP contribution >= 0.6 is 0 Å². The van der Waals surface area contributed by atoms with E-state index in [0.717, 1.165) is 39.0 Å². The van der Waals surface area contributed by atoms with Gasteiger partial charge in [0.2, 0.25) is 5.91 Å². The summed E-state index contributed by atoms with van der Waals surface area (Å²) in [6, 6.07) is 0.636. The van der Waals surface area contributed by atoms with Crippen LogP contribution < -0.4 is 11.1 Å². The van der Waals surface area contributed by atoms with Crippen LogP contribution in [0.2, 0.25) is 0 Å². The van der Waals surface area contributed by atoms with Crippen molar-refractivity contribution >= 4 is 5.91 Å². The van der Waals surface area contributed by atoms with Crippen molar-refractivity contribution in [1.82, 2.24) is 10.2 Å². The Bertz CT molecular complexity index is 226. The number of rotatable bonds is 3. The Kier molecular flexibility index (Phi) is 3.59. The number of carbonyl (C=O) groups excluding carboxylic acids is 1. The second-order valence-corrected chi connectivity index (χ2v) is 4.79. The first-order valence-corrected chi connectivity index (χ1v) is 6.01. The molecule has 2 saturated heterocycles. The Labute approximate surface area is 91.2 Å². The highest BCUT2D eigenvalue weighted by molar-refractivity contribution is 5.76. The van der Waals surface area contributed by atoms with Gasteiger partial charge in [0.05, 0.1) is 5.92 Å². The molecule has 0 saturated carbocycles. The van der Waals surface area contributed by atoms with E-state index in [-0.39, 0.29) is 11.8 Å². The zero-order valence-electron chi connectivity index (χ0n) is 9.24. The van der Waals surface area contributed by atoms with Crippen LogP contribution in [0, 0.1) is 5.92 Å². The number of primary amides is 1. The lowest BCUT2D eigenvalue weighted by Crippen LogP contribution is -2.45. The van der Waals surface area contributed by atoms with Gasteiger partial charge in [-0.15, -0.1) is 0 Å². The van der Waals surface area contributed by atoms with Crippen LogP contribution in [0.3, 0.4) is 0 Å². The number of nitrogens with one attached hydrogen (secondary N) is 1. The topological polar surface area (TPSA) is 58.4 Å². The minimum absolute atomic E-state index is 0.0835. The number of hydrogen-bond donors (Lipinski definition) is 2. The molecule has 2 aliphatic rings. The predicted octanol–water partition coefficient (Wildman–Crippen LogP) is -0.0643. The highest BCUT2D eigenvalue weighted by Gasteiger charge is 2.26. The van der Waals surface area contributed by atoms with E-state index in [0.29, 0.717) is 6.04 Å². The molecule has 0 aromatic carbocycles. The normalized spacial score (nSPS) is 33.1. The molecule has 2 fully saturated rings. The molecule has 2 aliphatic heterocycles. The van der Waals surface area contributed by atoms with Crippen molar-refractivity contribution < 1.29 is 4.79 Å². The molecule has 0 aromatic rings. The Morgan fingerprint density at radius 3 is 2.93 bits per heavy atom. The van der Waals surface area contributed by atoms with E-state index in [4.69, 9.17) is 5.73 Å². The third-order valence-corrected chi connectivity index (χ3v) is 3.55. The predicted molar refractivity (Wildman–Crippen MR) is 59.4 cm³/mol. The summed E-state index contributed by atoms with van der Waals surface area (Å²) in [7, 11) is 0. The number of amides is 1. The summed E-state index contributed by atoms with van der Waals surface area (Å²) >= 11 is 0. The molecule has 4 heteroatoms. The SMILES string of the molecule is NC(=O)C1CCCN(C[C@H]2CCCN2)C1. The third kappa shape index (κ3) is 2.92. The number of piperidine rings is 1. The minimum Gasteiger partial charge on any atom is -0.369 e. The van der Waals surface area contributed by atoms with E-state index in [1.807, 2.05) is 0 Å². The van der Waals surface area contributed by atoms with Gasteiger partial charge in [-0.1, -0.05) is 0 Å².